The maximum Gasteiger partial charge on any atom is 0.238 e. The molecule has 3 N–H and O–H groups in total. The molecule has 2 rings (SSSR count). The van der Waals surface area contributed by atoms with Crippen molar-refractivity contribution in [2.75, 3.05) is 6.61 Å². The molecular formula is C18H22N2O4S. The summed E-state index contributed by atoms with van der Waals surface area (Å²) < 4.78 is 27.9. The van der Waals surface area contributed by atoms with E-state index in [9.17, 15) is 13.2 Å². The van der Waals surface area contributed by atoms with E-state index < -0.39 is 10.0 Å². The van der Waals surface area contributed by atoms with Gasteiger partial charge >= 0.3 is 0 Å². The number of carbonyl (C=O) groups is 1. The lowest BCUT2D eigenvalue weighted by Gasteiger charge is -2.08. The highest BCUT2D eigenvalue weighted by Gasteiger charge is 2.07. The van der Waals surface area contributed by atoms with Crippen molar-refractivity contribution >= 4 is 15.9 Å². The van der Waals surface area contributed by atoms with Crippen molar-refractivity contribution in [1.29, 1.82) is 0 Å². The first-order valence-corrected chi connectivity index (χ1v) is 9.53. The Kier molecular flexibility index (Phi) is 6.55. The highest BCUT2D eigenvalue weighted by Crippen LogP contribution is 2.12. The second-order valence-electron chi connectivity index (χ2n) is 5.56. The summed E-state index contributed by atoms with van der Waals surface area (Å²) in [6, 6.07) is 13.9. The number of primary sulfonamides is 1. The minimum absolute atomic E-state index is 0.0464. The summed E-state index contributed by atoms with van der Waals surface area (Å²) in [5, 5.41) is 7.80. The molecule has 0 spiro atoms. The molecule has 0 radical (unpaired) electrons. The molecule has 0 unspecified atom stereocenters. The van der Waals surface area contributed by atoms with Crippen LogP contribution in [-0.4, -0.2) is 20.9 Å². The summed E-state index contributed by atoms with van der Waals surface area (Å²) in [7, 11) is -3.70. The SMILES string of the molecule is CCc1ccc(OCCC(=O)NCc2ccc(S(N)(=O)=O)cc2)cc1. The number of sulfonamides is 1. The van der Waals surface area contributed by atoms with E-state index in [-0.39, 0.29) is 17.2 Å². The first-order valence-electron chi connectivity index (χ1n) is 7.98. The van der Waals surface area contributed by atoms with Crippen LogP contribution in [0, 0.1) is 0 Å². The zero-order valence-electron chi connectivity index (χ0n) is 14.1. The number of carbonyl (C=O) groups excluding carboxylic acids is 1. The summed E-state index contributed by atoms with van der Waals surface area (Å²) in [6.07, 6.45) is 1.21. The summed E-state index contributed by atoms with van der Waals surface area (Å²) in [6.45, 7) is 2.69. The highest BCUT2D eigenvalue weighted by atomic mass is 32.2. The van der Waals surface area contributed by atoms with Crippen LogP contribution in [0.3, 0.4) is 0 Å². The van der Waals surface area contributed by atoms with Gasteiger partial charge in [0.25, 0.3) is 0 Å². The molecule has 0 heterocycles. The molecule has 134 valence electrons. The fraction of sp³-hybridized carbons (Fsp3) is 0.278. The number of nitrogens with two attached hydrogens (primary N) is 1. The summed E-state index contributed by atoms with van der Waals surface area (Å²) >= 11 is 0. The van der Waals surface area contributed by atoms with Gasteiger partial charge in [0.15, 0.2) is 0 Å². The maximum absolute atomic E-state index is 11.8. The Hall–Kier alpha value is -2.38. The van der Waals surface area contributed by atoms with Crippen molar-refractivity contribution in [3.05, 3.63) is 59.7 Å². The zero-order chi connectivity index (χ0) is 18.3. The van der Waals surface area contributed by atoms with Crippen molar-refractivity contribution in [2.24, 2.45) is 5.14 Å². The standard InChI is InChI=1S/C18H22N2O4S/c1-2-14-3-7-16(8-4-14)24-12-11-18(21)20-13-15-5-9-17(10-6-15)25(19,22)23/h3-10H,2,11-13H2,1H3,(H,20,21)(H2,19,22,23). The van der Waals surface area contributed by atoms with Crippen LogP contribution in [0.1, 0.15) is 24.5 Å². The van der Waals surface area contributed by atoms with Crippen LogP contribution < -0.4 is 15.2 Å². The predicted molar refractivity (Wildman–Crippen MR) is 95.6 cm³/mol. The van der Waals surface area contributed by atoms with Crippen LogP contribution in [-0.2, 0) is 27.8 Å². The number of nitrogens with one attached hydrogen (secondary N) is 1. The molecule has 2 aromatic carbocycles. The fourth-order valence-electron chi connectivity index (χ4n) is 2.17. The Balaban J connectivity index is 1.73. The minimum Gasteiger partial charge on any atom is -0.493 e. The van der Waals surface area contributed by atoms with E-state index in [0.29, 0.717) is 13.2 Å². The zero-order valence-corrected chi connectivity index (χ0v) is 14.9. The summed E-state index contributed by atoms with van der Waals surface area (Å²) in [5.41, 5.74) is 2.02. The van der Waals surface area contributed by atoms with Gasteiger partial charge in [-0.25, -0.2) is 13.6 Å². The largest absolute Gasteiger partial charge is 0.493 e. The Morgan fingerprint density at radius 2 is 1.64 bits per heavy atom. The van der Waals surface area contributed by atoms with Crippen molar-refractivity contribution in [3.8, 4) is 5.75 Å². The van der Waals surface area contributed by atoms with Gasteiger partial charge in [0.2, 0.25) is 15.9 Å². The molecule has 0 aliphatic carbocycles. The molecule has 6 nitrogen and oxygen atoms in total. The molecule has 0 aromatic heterocycles. The van der Waals surface area contributed by atoms with Gasteiger partial charge < -0.3 is 10.1 Å². The van der Waals surface area contributed by atoms with E-state index in [1.807, 2.05) is 24.3 Å². The van der Waals surface area contributed by atoms with Crippen LogP contribution in [0.4, 0.5) is 0 Å². The van der Waals surface area contributed by atoms with Crippen LogP contribution in [0.2, 0.25) is 0 Å². The third-order valence-corrected chi connectivity index (χ3v) is 4.60. The number of amides is 1. The van der Waals surface area contributed by atoms with Gasteiger partial charge in [0.1, 0.15) is 5.75 Å². The Bertz CT molecular complexity index is 800. The smallest absolute Gasteiger partial charge is 0.238 e. The second kappa shape index (κ2) is 8.64. The molecule has 0 bridgehead atoms. The van der Waals surface area contributed by atoms with Gasteiger partial charge in [0.05, 0.1) is 17.9 Å². The average molecular weight is 362 g/mol. The lowest BCUT2D eigenvalue weighted by Crippen LogP contribution is -2.24. The van der Waals surface area contributed by atoms with Gasteiger partial charge in [-0.15, -0.1) is 0 Å². The lowest BCUT2D eigenvalue weighted by molar-refractivity contribution is -0.121. The number of ether oxygens (including phenoxy) is 1. The normalized spacial score (nSPS) is 11.1. The van der Waals surface area contributed by atoms with E-state index in [1.165, 1.54) is 17.7 Å². The molecule has 0 fully saturated rings. The molecule has 2 aromatic rings. The number of hydrogen-bond acceptors (Lipinski definition) is 4. The van der Waals surface area contributed by atoms with Gasteiger partial charge in [-0.1, -0.05) is 31.2 Å². The summed E-state index contributed by atoms with van der Waals surface area (Å²) in [4.78, 5) is 11.9. The molecule has 0 aliphatic rings. The first-order chi connectivity index (χ1) is 11.9. The van der Waals surface area contributed by atoms with Crippen molar-refractivity contribution < 1.29 is 17.9 Å². The molecule has 0 atom stereocenters. The van der Waals surface area contributed by atoms with Crippen molar-refractivity contribution in [1.82, 2.24) is 5.32 Å². The van der Waals surface area contributed by atoms with E-state index >= 15 is 0 Å². The second-order valence-corrected chi connectivity index (χ2v) is 7.12. The van der Waals surface area contributed by atoms with E-state index in [4.69, 9.17) is 9.88 Å². The molecular weight excluding hydrogens is 340 g/mol. The first kappa shape index (κ1) is 19.0. The molecule has 0 saturated heterocycles. The quantitative estimate of drug-likeness (QED) is 0.750. The fourth-order valence-corrected chi connectivity index (χ4v) is 2.68. The molecule has 25 heavy (non-hydrogen) atoms. The third kappa shape index (κ3) is 6.21. The third-order valence-electron chi connectivity index (χ3n) is 3.67. The monoisotopic (exact) mass is 362 g/mol. The number of aryl methyl sites for hydroxylation is 1. The Morgan fingerprint density at radius 1 is 1.04 bits per heavy atom. The van der Waals surface area contributed by atoms with Crippen molar-refractivity contribution in [3.63, 3.8) is 0 Å². The van der Waals surface area contributed by atoms with Crippen LogP contribution in [0.5, 0.6) is 5.75 Å². The van der Waals surface area contributed by atoms with E-state index in [0.717, 1.165) is 17.7 Å². The molecule has 0 saturated carbocycles. The van der Waals surface area contributed by atoms with Gasteiger partial charge in [-0.2, -0.15) is 0 Å². The van der Waals surface area contributed by atoms with Crippen LogP contribution in [0.25, 0.3) is 0 Å². The van der Waals surface area contributed by atoms with E-state index in [1.54, 1.807) is 12.1 Å². The van der Waals surface area contributed by atoms with Gasteiger partial charge in [-0.3, -0.25) is 4.79 Å². The summed E-state index contributed by atoms with van der Waals surface area (Å²) in [5.74, 6) is 0.601. The highest BCUT2D eigenvalue weighted by molar-refractivity contribution is 7.89. The average Bonchev–Trinajstić information content (AvgIpc) is 2.60. The number of hydrogen-bond donors (Lipinski definition) is 2. The van der Waals surface area contributed by atoms with E-state index in [2.05, 4.69) is 12.2 Å². The maximum atomic E-state index is 11.8. The Morgan fingerprint density at radius 3 is 2.20 bits per heavy atom. The number of rotatable bonds is 8. The lowest BCUT2D eigenvalue weighted by atomic mass is 10.2. The Labute approximate surface area is 148 Å². The number of benzene rings is 2. The topological polar surface area (TPSA) is 98.5 Å². The molecule has 0 aliphatic heterocycles. The van der Waals surface area contributed by atoms with Crippen molar-refractivity contribution in [2.45, 2.75) is 31.2 Å². The molecule has 7 heteroatoms. The molecule has 1 amide bonds. The van der Waals surface area contributed by atoms with Crippen LogP contribution >= 0.6 is 0 Å². The van der Waals surface area contributed by atoms with Crippen LogP contribution in [0.15, 0.2) is 53.4 Å². The minimum atomic E-state index is -3.70. The predicted octanol–water partition coefficient (Wildman–Crippen LogP) is 1.98. The van der Waals surface area contributed by atoms with Gasteiger partial charge in [-0.05, 0) is 41.8 Å². The van der Waals surface area contributed by atoms with Gasteiger partial charge in [0, 0.05) is 6.54 Å².